The molecule has 134 valence electrons. The van der Waals surface area contributed by atoms with Gasteiger partial charge in [0.25, 0.3) is 11.8 Å². The fourth-order valence-corrected chi connectivity index (χ4v) is 5.18. The average molecular weight is 352 g/mol. The summed E-state index contributed by atoms with van der Waals surface area (Å²) in [6.45, 7) is 2.26. The van der Waals surface area contributed by atoms with Crippen LogP contribution in [0, 0.1) is 29.1 Å². The molecule has 1 aromatic carbocycles. The van der Waals surface area contributed by atoms with Gasteiger partial charge in [0.05, 0.1) is 24.7 Å². The second-order valence-corrected chi connectivity index (χ2v) is 7.61. The molecular formula is C20H20N2O4. The van der Waals surface area contributed by atoms with Gasteiger partial charge < -0.3 is 9.84 Å². The molecule has 0 unspecified atom stereocenters. The largest absolute Gasteiger partial charge is 0.504 e. The van der Waals surface area contributed by atoms with Crippen LogP contribution in [0.4, 0.5) is 0 Å². The summed E-state index contributed by atoms with van der Waals surface area (Å²) in [4.78, 5) is 25.7. The molecule has 0 radical (unpaired) electrons. The number of phenolic OH excluding ortho intramolecular Hbond substituents is 1. The van der Waals surface area contributed by atoms with Crippen LogP contribution in [-0.2, 0) is 9.59 Å². The lowest BCUT2D eigenvalue weighted by atomic mass is 9.85. The van der Waals surface area contributed by atoms with Gasteiger partial charge in [-0.1, -0.05) is 12.2 Å². The Hall–Kier alpha value is -2.63. The molecule has 1 heterocycles. The Labute approximate surface area is 151 Å². The minimum Gasteiger partial charge on any atom is -0.504 e. The zero-order valence-electron chi connectivity index (χ0n) is 14.5. The molecule has 6 nitrogen and oxygen atoms in total. The van der Waals surface area contributed by atoms with E-state index in [0.717, 1.165) is 17.9 Å². The molecule has 4 atom stereocenters. The summed E-state index contributed by atoms with van der Waals surface area (Å²) in [6, 6.07) is 4.81. The second-order valence-electron chi connectivity index (χ2n) is 7.61. The highest BCUT2D eigenvalue weighted by Gasteiger charge is 2.73. The van der Waals surface area contributed by atoms with Gasteiger partial charge in [-0.3, -0.25) is 9.59 Å². The summed E-state index contributed by atoms with van der Waals surface area (Å²) < 4.78 is 5.35. The minimum absolute atomic E-state index is 0.0456. The quantitative estimate of drug-likeness (QED) is 0.512. The lowest BCUT2D eigenvalue weighted by Crippen LogP contribution is -2.30. The summed E-state index contributed by atoms with van der Waals surface area (Å²) in [5.41, 5.74) is 0.850. The molecule has 6 heteroatoms. The van der Waals surface area contributed by atoms with Crippen LogP contribution in [-0.4, -0.2) is 34.8 Å². The van der Waals surface area contributed by atoms with Crippen LogP contribution in [0.15, 0.2) is 35.5 Å². The van der Waals surface area contributed by atoms with E-state index < -0.39 is 0 Å². The number of nitrogens with zero attached hydrogens (tertiary/aromatic N) is 2. The van der Waals surface area contributed by atoms with Crippen molar-refractivity contribution in [1.82, 2.24) is 5.01 Å². The predicted molar refractivity (Wildman–Crippen MR) is 93.5 cm³/mol. The number of allylic oxidation sites excluding steroid dienone is 2. The van der Waals surface area contributed by atoms with Crippen molar-refractivity contribution >= 4 is 18.0 Å². The van der Waals surface area contributed by atoms with Crippen molar-refractivity contribution in [1.29, 1.82) is 0 Å². The summed E-state index contributed by atoms with van der Waals surface area (Å²) in [7, 11) is 0. The van der Waals surface area contributed by atoms with Gasteiger partial charge in [0, 0.05) is 0 Å². The predicted octanol–water partition coefficient (Wildman–Crippen LogP) is 2.32. The number of fused-ring (bicyclic) bond motifs is 3. The fraction of sp³-hybridized carbons (Fsp3) is 0.450. The number of hydrogen-bond acceptors (Lipinski definition) is 5. The number of phenols is 1. The van der Waals surface area contributed by atoms with Gasteiger partial charge in [0.15, 0.2) is 11.5 Å². The van der Waals surface area contributed by atoms with E-state index in [4.69, 9.17) is 4.74 Å². The molecular weight excluding hydrogens is 332 g/mol. The first-order valence-electron chi connectivity index (χ1n) is 9.13. The van der Waals surface area contributed by atoms with Crippen LogP contribution in [0.3, 0.4) is 0 Å². The van der Waals surface area contributed by atoms with Crippen LogP contribution in [0.5, 0.6) is 11.5 Å². The smallest absolute Gasteiger partial charge is 0.254 e. The van der Waals surface area contributed by atoms with E-state index in [1.807, 2.05) is 6.92 Å². The van der Waals surface area contributed by atoms with Crippen molar-refractivity contribution in [2.24, 2.45) is 34.2 Å². The van der Waals surface area contributed by atoms with Gasteiger partial charge in [0.2, 0.25) is 0 Å². The molecule has 3 aliphatic carbocycles. The Morgan fingerprint density at radius 2 is 1.88 bits per heavy atom. The highest BCUT2D eigenvalue weighted by molar-refractivity contribution is 6.07. The minimum atomic E-state index is -0.240. The summed E-state index contributed by atoms with van der Waals surface area (Å²) in [6.07, 6.45) is 8.01. The Kier molecular flexibility index (Phi) is 3.12. The standard InChI is InChI=1S/C20H20N2O4/c1-2-26-15-9-11(3-6-14(15)23)10-21-22-18(24)16-12-4-5-13(17(16)19(22)25)20(12)7-8-20/h3-6,9-10,12-13,16-17,23H,2,7-8H2,1H3/b21-10-/t12-,13-,16-,17-/m1/s1. The number of amides is 2. The van der Waals surface area contributed by atoms with Gasteiger partial charge in [-0.15, -0.1) is 0 Å². The summed E-state index contributed by atoms with van der Waals surface area (Å²) >= 11 is 0. The maximum atomic E-state index is 12.8. The molecule has 2 saturated carbocycles. The number of ether oxygens (including phenoxy) is 1. The maximum Gasteiger partial charge on any atom is 0.254 e. The second kappa shape index (κ2) is 5.19. The average Bonchev–Trinajstić information content (AvgIpc) is 3.23. The number of aromatic hydroxyl groups is 1. The number of benzene rings is 1. The molecule has 3 fully saturated rings. The van der Waals surface area contributed by atoms with Crippen molar-refractivity contribution in [2.45, 2.75) is 19.8 Å². The van der Waals surface area contributed by atoms with Gasteiger partial charge in [-0.2, -0.15) is 10.1 Å². The van der Waals surface area contributed by atoms with Crippen molar-refractivity contribution in [2.75, 3.05) is 6.61 Å². The molecule has 1 saturated heterocycles. The van der Waals surface area contributed by atoms with Crippen molar-refractivity contribution in [3.63, 3.8) is 0 Å². The molecule has 2 bridgehead atoms. The number of carbonyl (C=O) groups is 2. The Balaban J connectivity index is 1.39. The molecule has 1 spiro atoms. The first-order valence-corrected chi connectivity index (χ1v) is 9.13. The van der Waals surface area contributed by atoms with Gasteiger partial charge in [0.1, 0.15) is 0 Å². The fourth-order valence-electron chi connectivity index (χ4n) is 5.18. The number of hydrazone groups is 1. The van der Waals surface area contributed by atoms with E-state index >= 15 is 0 Å². The first-order chi connectivity index (χ1) is 12.6. The Morgan fingerprint density at radius 3 is 2.46 bits per heavy atom. The highest BCUT2D eigenvalue weighted by atomic mass is 16.5. The van der Waals surface area contributed by atoms with Crippen LogP contribution in [0.25, 0.3) is 0 Å². The summed E-state index contributed by atoms with van der Waals surface area (Å²) in [5, 5.41) is 15.0. The molecule has 0 aromatic heterocycles. The first kappa shape index (κ1) is 15.6. The van der Waals surface area contributed by atoms with E-state index in [1.54, 1.807) is 12.1 Å². The third-order valence-corrected chi connectivity index (χ3v) is 6.44. The number of hydrogen-bond donors (Lipinski definition) is 1. The van der Waals surface area contributed by atoms with E-state index in [-0.39, 0.29) is 46.7 Å². The molecule has 2 amide bonds. The Morgan fingerprint density at radius 1 is 1.23 bits per heavy atom. The number of carbonyl (C=O) groups excluding carboxylic acids is 2. The van der Waals surface area contributed by atoms with E-state index in [0.29, 0.717) is 17.9 Å². The number of imide groups is 1. The van der Waals surface area contributed by atoms with Gasteiger partial charge in [-0.05, 0) is 60.8 Å². The Bertz CT molecular complexity index is 837. The lowest BCUT2D eigenvalue weighted by molar-refractivity contribution is -0.141. The topological polar surface area (TPSA) is 79.2 Å². The van der Waals surface area contributed by atoms with E-state index in [9.17, 15) is 14.7 Å². The molecule has 1 N–H and O–H groups in total. The monoisotopic (exact) mass is 352 g/mol. The van der Waals surface area contributed by atoms with Gasteiger partial charge in [-0.25, -0.2) is 0 Å². The van der Waals surface area contributed by atoms with Crippen LogP contribution < -0.4 is 4.74 Å². The van der Waals surface area contributed by atoms with Crippen molar-refractivity contribution in [3.8, 4) is 11.5 Å². The third kappa shape index (κ3) is 1.90. The normalized spacial score (nSPS) is 32.9. The summed E-state index contributed by atoms with van der Waals surface area (Å²) in [5.74, 6) is -0.0346. The molecule has 4 aliphatic rings. The molecule has 26 heavy (non-hydrogen) atoms. The van der Waals surface area contributed by atoms with Gasteiger partial charge >= 0.3 is 0 Å². The molecule has 1 aromatic rings. The molecule has 5 rings (SSSR count). The van der Waals surface area contributed by atoms with Crippen LogP contribution in [0.1, 0.15) is 25.3 Å². The third-order valence-electron chi connectivity index (χ3n) is 6.44. The number of rotatable bonds is 4. The van der Waals surface area contributed by atoms with E-state index in [2.05, 4.69) is 17.3 Å². The SMILES string of the molecule is CCOc1cc(/C=N\N2C(=O)[C@H]3[C@H](C2=O)[C@H]2C=C[C@H]3C23CC3)ccc1O. The van der Waals surface area contributed by atoms with Crippen LogP contribution in [0.2, 0.25) is 0 Å². The maximum absolute atomic E-state index is 12.8. The molecule has 1 aliphatic heterocycles. The zero-order valence-corrected chi connectivity index (χ0v) is 14.5. The van der Waals surface area contributed by atoms with Crippen molar-refractivity contribution in [3.05, 3.63) is 35.9 Å². The highest BCUT2D eigenvalue weighted by Crippen LogP contribution is 2.73. The zero-order chi connectivity index (χ0) is 18.1. The lowest BCUT2D eigenvalue weighted by Gasteiger charge is -2.18. The van der Waals surface area contributed by atoms with Crippen LogP contribution >= 0.6 is 0 Å². The van der Waals surface area contributed by atoms with E-state index in [1.165, 1.54) is 12.3 Å². The van der Waals surface area contributed by atoms with Crippen molar-refractivity contribution < 1.29 is 19.4 Å².